The number of aryl methyl sites for hydroxylation is 1. The molecule has 0 heterocycles. The van der Waals surface area contributed by atoms with E-state index in [2.05, 4.69) is 0 Å². The number of rotatable bonds is 2. The second kappa shape index (κ2) is 5.19. The van der Waals surface area contributed by atoms with Crippen molar-refractivity contribution in [2.45, 2.75) is 25.3 Å². The van der Waals surface area contributed by atoms with E-state index in [1.165, 1.54) is 0 Å². The fourth-order valence-electron chi connectivity index (χ4n) is 1.69. The summed E-state index contributed by atoms with van der Waals surface area (Å²) in [5.41, 5.74) is 3.46. The molecule has 0 aliphatic heterocycles. The van der Waals surface area contributed by atoms with Gasteiger partial charge in [0.05, 0.1) is 6.04 Å². The Bertz CT molecular complexity index is 476. The minimum Gasteiger partial charge on any atom is -0.323 e. The third-order valence-corrected chi connectivity index (χ3v) is 2.73. The molecule has 1 aromatic carbocycles. The van der Waals surface area contributed by atoms with E-state index in [9.17, 15) is 35.1 Å². The molecule has 2 N–H and O–H groups in total. The number of alkyl halides is 6. The normalized spacial score (nSPS) is 14.8. The highest BCUT2D eigenvalue weighted by Gasteiger charge is 2.60. The van der Waals surface area contributed by atoms with Gasteiger partial charge in [-0.25, -0.2) is 8.78 Å². The molecule has 0 fully saturated rings. The molecular formula is C11H9F8N. The van der Waals surface area contributed by atoms with Crippen molar-refractivity contribution in [3.05, 3.63) is 34.9 Å². The van der Waals surface area contributed by atoms with E-state index in [0.29, 0.717) is 6.07 Å². The van der Waals surface area contributed by atoms with Crippen molar-refractivity contribution in [3.8, 4) is 0 Å². The summed E-state index contributed by atoms with van der Waals surface area (Å²) in [4.78, 5) is 0. The van der Waals surface area contributed by atoms with E-state index in [-0.39, 0.29) is 5.56 Å². The summed E-state index contributed by atoms with van der Waals surface area (Å²) in [6.45, 7) is 1.11. The zero-order valence-corrected chi connectivity index (χ0v) is 9.91. The van der Waals surface area contributed by atoms with E-state index in [1.807, 2.05) is 0 Å². The Hall–Kier alpha value is -1.38. The summed E-state index contributed by atoms with van der Waals surface area (Å²) in [7, 11) is 0. The molecule has 0 saturated heterocycles. The molecule has 0 saturated carbocycles. The first-order valence-corrected chi connectivity index (χ1v) is 5.21. The molecule has 114 valence electrons. The predicted molar refractivity (Wildman–Crippen MR) is 53.6 cm³/mol. The maximum Gasteiger partial charge on any atom is 0.402 e. The summed E-state index contributed by atoms with van der Waals surface area (Å²) in [5, 5.41) is 0. The van der Waals surface area contributed by atoms with Crippen LogP contribution in [0.4, 0.5) is 35.1 Å². The largest absolute Gasteiger partial charge is 0.402 e. The Labute approximate surface area is 108 Å². The minimum atomic E-state index is -5.73. The first kappa shape index (κ1) is 16.7. The molecule has 0 amide bonds. The average molecular weight is 307 g/mol. The summed E-state index contributed by atoms with van der Waals surface area (Å²) in [5.74, 6) is -7.32. The Kier molecular flexibility index (Phi) is 4.33. The van der Waals surface area contributed by atoms with Gasteiger partial charge in [-0.1, -0.05) is 12.1 Å². The van der Waals surface area contributed by atoms with Crippen molar-refractivity contribution in [1.82, 2.24) is 0 Å². The first-order chi connectivity index (χ1) is 8.87. The van der Waals surface area contributed by atoms with Crippen molar-refractivity contribution in [3.63, 3.8) is 0 Å². The number of nitrogens with two attached hydrogens (primary N) is 1. The first-order valence-electron chi connectivity index (χ1n) is 5.21. The van der Waals surface area contributed by atoms with Crippen LogP contribution in [0.25, 0.3) is 0 Å². The SMILES string of the molecule is Cc1ccc(C(N)C(C(F)(F)F)C(F)(F)F)c(F)c1F. The van der Waals surface area contributed by atoms with Gasteiger partial charge in [0.25, 0.3) is 0 Å². The van der Waals surface area contributed by atoms with Crippen LogP contribution in [0.5, 0.6) is 0 Å². The smallest absolute Gasteiger partial charge is 0.323 e. The third kappa shape index (κ3) is 3.20. The maximum absolute atomic E-state index is 13.5. The number of benzene rings is 1. The molecule has 20 heavy (non-hydrogen) atoms. The molecule has 1 aromatic rings. The quantitative estimate of drug-likeness (QED) is 0.821. The van der Waals surface area contributed by atoms with Crippen LogP contribution in [0.3, 0.4) is 0 Å². The topological polar surface area (TPSA) is 26.0 Å². The van der Waals surface area contributed by atoms with Crippen LogP contribution in [-0.2, 0) is 0 Å². The standard InChI is InChI=1S/C11H9F8N/c1-4-2-3-5(7(13)6(4)12)8(20)9(10(14,15)16)11(17,18)19/h2-3,8-9H,20H2,1H3. The van der Waals surface area contributed by atoms with Crippen molar-refractivity contribution in [2.24, 2.45) is 11.7 Å². The van der Waals surface area contributed by atoms with Crippen molar-refractivity contribution in [1.29, 1.82) is 0 Å². The van der Waals surface area contributed by atoms with Gasteiger partial charge in [0.15, 0.2) is 17.6 Å². The number of hydrogen-bond acceptors (Lipinski definition) is 1. The molecule has 0 aliphatic carbocycles. The fourth-order valence-corrected chi connectivity index (χ4v) is 1.69. The van der Waals surface area contributed by atoms with E-state index in [1.54, 1.807) is 0 Å². The molecule has 0 radical (unpaired) electrons. The lowest BCUT2D eigenvalue weighted by molar-refractivity contribution is -0.290. The van der Waals surface area contributed by atoms with Crippen molar-refractivity contribution < 1.29 is 35.1 Å². The fraction of sp³-hybridized carbons (Fsp3) is 0.455. The van der Waals surface area contributed by atoms with E-state index < -0.39 is 41.5 Å². The highest BCUT2D eigenvalue weighted by molar-refractivity contribution is 5.28. The van der Waals surface area contributed by atoms with Gasteiger partial charge in [0.1, 0.15) is 0 Å². The highest BCUT2D eigenvalue weighted by Crippen LogP contribution is 2.46. The Balaban J connectivity index is 3.34. The lowest BCUT2D eigenvalue weighted by Gasteiger charge is -2.28. The Morgan fingerprint density at radius 2 is 1.35 bits per heavy atom. The number of hydrogen-bond donors (Lipinski definition) is 1. The summed E-state index contributed by atoms with van der Waals surface area (Å²) in [6.07, 6.45) is -11.5. The minimum absolute atomic E-state index is 0.256. The molecule has 1 atom stereocenters. The third-order valence-electron chi connectivity index (χ3n) is 2.73. The van der Waals surface area contributed by atoms with E-state index in [0.717, 1.165) is 13.0 Å². The molecule has 1 rings (SSSR count). The second-order valence-electron chi connectivity index (χ2n) is 4.19. The van der Waals surface area contributed by atoms with Crippen LogP contribution in [0.1, 0.15) is 17.2 Å². The van der Waals surface area contributed by atoms with Gasteiger partial charge >= 0.3 is 12.4 Å². The zero-order valence-electron chi connectivity index (χ0n) is 9.91. The van der Waals surface area contributed by atoms with Crippen LogP contribution in [0.15, 0.2) is 12.1 Å². The van der Waals surface area contributed by atoms with Crippen LogP contribution in [-0.4, -0.2) is 12.4 Å². The molecular weight excluding hydrogens is 298 g/mol. The van der Waals surface area contributed by atoms with E-state index >= 15 is 0 Å². The average Bonchev–Trinajstić information content (AvgIpc) is 2.21. The Morgan fingerprint density at radius 3 is 1.75 bits per heavy atom. The second-order valence-corrected chi connectivity index (χ2v) is 4.19. The van der Waals surface area contributed by atoms with Gasteiger partial charge in [-0.05, 0) is 12.5 Å². The predicted octanol–water partition coefficient (Wildman–Crippen LogP) is 4.01. The van der Waals surface area contributed by atoms with Crippen molar-refractivity contribution >= 4 is 0 Å². The molecule has 0 bridgehead atoms. The number of halogens is 8. The van der Waals surface area contributed by atoms with Gasteiger partial charge in [-0.3, -0.25) is 0 Å². The molecule has 0 aromatic heterocycles. The summed E-state index contributed by atoms with van der Waals surface area (Å²) < 4.78 is 101. The summed E-state index contributed by atoms with van der Waals surface area (Å²) >= 11 is 0. The van der Waals surface area contributed by atoms with Gasteiger partial charge < -0.3 is 5.73 Å². The molecule has 0 spiro atoms. The maximum atomic E-state index is 13.5. The van der Waals surface area contributed by atoms with Gasteiger partial charge in [-0.15, -0.1) is 0 Å². The van der Waals surface area contributed by atoms with Gasteiger partial charge in [0.2, 0.25) is 0 Å². The Morgan fingerprint density at radius 1 is 0.900 bits per heavy atom. The lowest BCUT2D eigenvalue weighted by atomic mass is 9.91. The van der Waals surface area contributed by atoms with Crippen LogP contribution >= 0.6 is 0 Å². The monoisotopic (exact) mass is 307 g/mol. The zero-order chi connectivity index (χ0) is 15.9. The van der Waals surface area contributed by atoms with Crippen molar-refractivity contribution in [2.75, 3.05) is 0 Å². The lowest BCUT2D eigenvalue weighted by Crippen LogP contribution is -2.44. The van der Waals surface area contributed by atoms with E-state index in [4.69, 9.17) is 5.73 Å². The molecule has 1 nitrogen and oxygen atoms in total. The van der Waals surface area contributed by atoms with Crippen LogP contribution < -0.4 is 5.73 Å². The van der Waals surface area contributed by atoms with Gasteiger partial charge in [-0.2, -0.15) is 26.3 Å². The summed E-state index contributed by atoms with van der Waals surface area (Å²) in [6, 6.07) is -1.31. The van der Waals surface area contributed by atoms with Crippen LogP contribution in [0, 0.1) is 24.5 Å². The molecule has 9 heteroatoms. The highest BCUT2D eigenvalue weighted by atomic mass is 19.4. The molecule has 1 unspecified atom stereocenters. The van der Waals surface area contributed by atoms with Gasteiger partial charge in [0, 0.05) is 5.56 Å². The molecule has 0 aliphatic rings. The van der Waals surface area contributed by atoms with Crippen LogP contribution in [0.2, 0.25) is 0 Å².